The molecule has 3 nitrogen and oxygen atoms in total. The Morgan fingerprint density at radius 3 is 2.52 bits per heavy atom. The van der Waals surface area contributed by atoms with E-state index in [1.807, 2.05) is 48.7 Å². The molecule has 1 heterocycles. The Labute approximate surface area is 124 Å². The van der Waals surface area contributed by atoms with Crippen molar-refractivity contribution in [2.24, 2.45) is 0 Å². The molecule has 0 bridgehead atoms. The molecule has 1 aliphatic heterocycles. The van der Waals surface area contributed by atoms with Crippen molar-refractivity contribution in [3.05, 3.63) is 72.4 Å². The highest BCUT2D eigenvalue weighted by Crippen LogP contribution is 2.37. The zero-order chi connectivity index (χ0) is 14.7. The number of hydrogen-bond acceptors (Lipinski definition) is 3. The van der Waals surface area contributed by atoms with Crippen LogP contribution in [0.1, 0.15) is 18.0 Å². The van der Waals surface area contributed by atoms with E-state index in [9.17, 15) is 4.79 Å². The highest BCUT2D eigenvalue weighted by molar-refractivity contribution is 5.92. The summed E-state index contributed by atoms with van der Waals surface area (Å²) in [5.74, 6) is 0.951. The van der Waals surface area contributed by atoms with Gasteiger partial charge >= 0.3 is 0 Å². The Balaban J connectivity index is 2.05. The van der Waals surface area contributed by atoms with Crippen molar-refractivity contribution in [1.82, 2.24) is 0 Å². The van der Waals surface area contributed by atoms with Crippen molar-refractivity contribution >= 4 is 11.5 Å². The van der Waals surface area contributed by atoms with Crippen LogP contribution >= 0.6 is 0 Å². The maximum atomic E-state index is 11.8. The van der Waals surface area contributed by atoms with E-state index < -0.39 is 0 Å². The van der Waals surface area contributed by atoms with Gasteiger partial charge in [-0.15, -0.1) is 0 Å². The zero-order valence-corrected chi connectivity index (χ0v) is 11.9. The van der Waals surface area contributed by atoms with Crippen molar-refractivity contribution < 1.29 is 9.53 Å². The van der Waals surface area contributed by atoms with Crippen LogP contribution in [0, 0.1) is 0 Å². The molecule has 0 saturated heterocycles. The SMILES string of the molecule is COc1ccccc1N1C=CC(=O)CC1c1ccccc1. The molecule has 106 valence electrons. The first-order valence-electron chi connectivity index (χ1n) is 6.97. The summed E-state index contributed by atoms with van der Waals surface area (Å²) in [7, 11) is 1.66. The largest absolute Gasteiger partial charge is 0.495 e. The minimum atomic E-state index is -0.000000000000000444. The second-order valence-electron chi connectivity index (χ2n) is 4.99. The number of nitrogens with zero attached hydrogens (tertiary/aromatic N) is 1. The minimum Gasteiger partial charge on any atom is -0.495 e. The van der Waals surface area contributed by atoms with E-state index >= 15 is 0 Å². The number of ketones is 1. The fourth-order valence-electron chi connectivity index (χ4n) is 2.67. The molecule has 2 aromatic rings. The molecule has 0 amide bonds. The molecule has 21 heavy (non-hydrogen) atoms. The van der Waals surface area contributed by atoms with Crippen molar-refractivity contribution in [3.63, 3.8) is 0 Å². The van der Waals surface area contributed by atoms with Crippen LogP contribution in [0.25, 0.3) is 0 Å². The lowest BCUT2D eigenvalue weighted by Crippen LogP contribution is -2.29. The first-order valence-corrected chi connectivity index (χ1v) is 6.97. The number of hydrogen-bond donors (Lipinski definition) is 0. The second kappa shape index (κ2) is 5.83. The van der Waals surface area contributed by atoms with Crippen molar-refractivity contribution in [2.75, 3.05) is 12.0 Å². The second-order valence-corrected chi connectivity index (χ2v) is 4.99. The van der Waals surface area contributed by atoms with E-state index in [-0.39, 0.29) is 11.8 Å². The molecule has 1 aliphatic rings. The Kier molecular flexibility index (Phi) is 3.73. The van der Waals surface area contributed by atoms with Gasteiger partial charge < -0.3 is 9.64 Å². The van der Waals surface area contributed by atoms with E-state index in [0.29, 0.717) is 6.42 Å². The molecular weight excluding hydrogens is 262 g/mol. The Hall–Kier alpha value is -2.55. The molecule has 2 aromatic carbocycles. The van der Waals surface area contributed by atoms with Gasteiger partial charge in [-0.05, 0) is 23.8 Å². The Bertz CT molecular complexity index is 664. The van der Waals surface area contributed by atoms with Gasteiger partial charge in [0, 0.05) is 12.6 Å². The summed E-state index contributed by atoms with van der Waals surface area (Å²) in [5.41, 5.74) is 2.10. The van der Waals surface area contributed by atoms with Crippen LogP contribution in [-0.2, 0) is 4.79 Å². The maximum absolute atomic E-state index is 11.8. The highest BCUT2D eigenvalue weighted by atomic mass is 16.5. The average Bonchev–Trinajstić information content (AvgIpc) is 2.55. The predicted molar refractivity (Wildman–Crippen MR) is 83.4 cm³/mol. The lowest BCUT2D eigenvalue weighted by Gasteiger charge is -2.34. The van der Waals surface area contributed by atoms with Gasteiger partial charge in [-0.3, -0.25) is 4.79 Å². The van der Waals surface area contributed by atoms with E-state index in [4.69, 9.17) is 4.74 Å². The van der Waals surface area contributed by atoms with Crippen LogP contribution in [0.5, 0.6) is 5.75 Å². The lowest BCUT2D eigenvalue weighted by molar-refractivity contribution is -0.115. The van der Waals surface area contributed by atoms with Gasteiger partial charge in [0.1, 0.15) is 5.75 Å². The van der Waals surface area contributed by atoms with Crippen LogP contribution in [0.15, 0.2) is 66.9 Å². The average molecular weight is 279 g/mol. The highest BCUT2D eigenvalue weighted by Gasteiger charge is 2.26. The maximum Gasteiger partial charge on any atom is 0.159 e. The van der Waals surface area contributed by atoms with Crippen molar-refractivity contribution in [3.8, 4) is 5.75 Å². The van der Waals surface area contributed by atoms with Gasteiger partial charge in [0.15, 0.2) is 5.78 Å². The summed E-state index contributed by atoms with van der Waals surface area (Å²) in [6.07, 6.45) is 3.95. The molecule has 1 unspecified atom stereocenters. The fraction of sp³-hybridized carbons (Fsp3) is 0.167. The number of carbonyl (C=O) groups is 1. The van der Waals surface area contributed by atoms with Gasteiger partial charge in [0.2, 0.25) is 0 Å². The lowest BCUT2D eigenvalue weighted by atomic mass is 9.96. The Morgan fingerprint density at radius 2 is 1.76 bits per heavy atom. The molecule has 3 heteroatoms. The molecule has 0 fully saturated rings. The molecule has 0 spiro atoms. The standard InChI is InChI=1S/C18H17NO2/c1-21-18-10-6-5-9-16(18)19-12-11-15(20)13-17(19)14-7-3-2-4-8-14/h2-12,17H,13H2,1H3. The fourth-order valence-corrected chi connectivity index (χ4v) is 2.67. The summed E-state index contributed by atoms with van der Waals surface area (Å²) in [5, 5.41) is 0. The molecule has 0 aliphatic carbocycles. The van der Waals surface area contributed by atoms with Gasteiger partial charge in [-0.2, -0.15) is 0 Å². The van der Waals surface area contributed by atoms with Crippen molar-refractivity contribution in [2.45, 2.75) is 12.5 Å². The number of carbonyl (C=O) groups excluding carboxylic acids is 1. The van der Waals surface area contributed by atoms with Crippen LogP contribution in [0.4, 0.5) is 5.69 Å². The van der Waals surface area contributed by atoms with Gasteiger partial charge in [-0.1, -0.05) is 42.5 Å². The minimum absolute atomic E-state index is 0.000000000000000444. The first-order chi connectivity index (χ1) is 10.3. The number of benzene rings is 2. The summed E-state index contributed by atoms with van der Waals surface area (Å²) < 4.78 is 5.45. The van der Waals surface area contributed by atoms with E-state index in [0.717, 1.165) is 17.0 Å². The monoisotopic (exact) mass is 279 g/mol. The molecular formula is C18H17NO2. The number of para-hydroxylation sites is 2. The predicted octanol–water partition coefficient (Wildman–Crippen LogP) is 3.73. The third kappa shape index (κ3) is 2.68. The van der Waals surface area contributed by atoms with Crippen molar-refractivity contribution in [1.29, 1.82) is 0 Å². The van der Waals surface area contributed by atoms with Gasteiger partial charge in [0.05, 0.1) is 18.8 Å². The number of rotatable bonds is 3. The van der Waals surface area contributed by atoms with Gasteiger partial charge in [-0.25, -0.2) is 0 Å². The van der Waals surface area contributed by atoms with Gasteiger partial charge in [0.25, 0.3) is 0 Å². The van der Waals surface area contributed by atoms with Crippen LogP contribution in [-0.4, -0.2) is 12.9 Å². The summed E-state index contributed by atoms with van der Waals surface area (Å²) >= 11 is 0. The van der Waals surface area contributed by atoms with Crippen LogP contribution < -0.4 is 9.64 Å². The molecule has 3 rings (SSSR count). The van der Waals surface area contributed by atoms with Crippen LogP contribution in [0.2, 0.25) is 0 Å². The first kappa shape index (κ1) is 13.4. The Morgan fingerprint density at radius 1 is 1.05 bits per heavy atom. The summed E-state index contributed by atoms with van der Waals surface area (Å²) in [6, 6.07) is 18.0. The van der Waals surface area contributed by atoms with Crippen LogP contribution in [0.3, 0.4) is 0 Å². The smallest absolute Gasteiger partial charge is 0.159 e. The van der Waals surface area contributed by atoms with E-state index in [1.54, 1.807) is 13.2 Å². The third-order valence-electron chi connectivity index (χ3n) is 3.70. The number of allylic oxidation sites excluding steroid dienone is 1. The quantitative estimate of drug-likeness (QED) is 0.857. The summed E-state index contributed by atoms with van der Waals surface area (Å²) in [4.78, 5) is 13.9. The molecule has 1 atom stereocenters. The molecule has 0 N–H and O–H groups in total. The summed E-state index contributed by atoms with van der Waals surface area (Å²) in [6.45, 7) is 0. The molecule has 0 aromatic heterocycles. The van der Waals surface area contributed by atoms with E-state index in [1.165, 1.54) is 0 Å². The third-order valence-corrected chi connectivity index (χ3v) is 3.70. The molecule has 0 radical (unpaired) electrons. The normalized spacial score (nSPS) is 17.9. The zero-order valence-electron chi connectivity index (χ0n) is 11.9. The van der Waals surface area contributed by atoms with E-state index in [2.05, 4.69) is 17.0 Å². The topological polar surface area (TPSA) is 29.5 Å². The number of ether oxygens (including phenoxy) is 1. The number of methoxy groups -OCH3 is 1. The number of anilines is 1. The molecule has 0 saturated carbocycles.